The van der Waals surface area contributed by atoms with Gasteiger partial charge < -0.3 is 10.3 Å². The Labute approximate surface area is 156 Å². The van der Waals surface area contributed by atoms with E-state index in [1.807, 2.05) is 0 Å². The second kappa shape index (κ2) is 6.64. The van der Waals surface area contributed by atoms with Crippen molar-refractivity contribution >= 4 is 42.9 Å². The minimum absolute atomic E-state index is 0.00188. The lowest BCUT2D eigenvalue weighted by Gasteiger charge is -2.30. The molecule has 0 bridgehead atoms. The number of fused-ring (bicyclic) bond motifs is 1. The number of nitrogens with zero attached hydrogens (tertiary/aromatic N) is 4. The lowest BCUT2D eigenvalue weighted by Crippen LogP contribution is -2.38. The molecule has 2 aromatic heterocycles. The summed E-state index contributed by atoms with van der Waals surface area (Å²) in [5.41, 5.74) is 4.88. The topological polar surface area (TPSA) is 94.1 Å². The van der Waals surface area contributed by atoms with Crippen LogP contribution >= 0.6 is 15.9 Å². The number of hydrogen-bond acceptors (Lipinski definition) is 5. The highest BCUT2D eigenvalue weighted by Crippen LogP contribution is 2.39. The molecule has 0 spiro atoms. The quantitative estimate of drug-likeness (QED) is 0.717. The largest absolute Gasteiger partial charge is 0.418 e. The maximum absolute atomic E-state index is 13.4. The van der Waals surface area contributed by atoms with E-state index in [2.05, 4.69) is 25.9 Å². The Balaban J connectivity index is 1.92. The third kappa shape index (κ3) is 3.81. The van der Waals surface area contributed by atoms with E-state index in [1.165, 1.54) is 8.87 Å². The Morgan fingerprint density at radius 2 is 1.92 bits per heavy atom. The average molecular weight is 456 g/mol. The van der Waals surface area contributed by atoms with Gasteiger partial charge in [0, 0.05) is 25.8 Å². The molecule has 7 nitrogen and oxygen atoms in total. The second-order valence-electron chi connectivity index (χ2n) is 6.37. The molecule has 0 amide bonds. The summed E-state index contributed by atoms with van der Waals surface area (Å²) < 4.78 is 66.1. The molecule has 1 saturated heterocycles. The van der Waals surface area contributed by atoms with Crippen LogP contribution in [0.1, 0.15) is 18.4 Å². The zero-order valence-electron chi connectivity index (χ0n) is 13.8. The van der Waals surface area contributed by atoms with Gasteiger partial charge in [-0.3, -0.25) is 0 Å². The second-order valence-corrected chi connectivity index (χ2v) is 9.10. The summed E-state index contributed by atoms with van der Waals surface area (Å²) >= 11 is 3.04. The number of anilines is 1. The first-order chi connectivity index (χ1) is 12.0. The molecule has 12 heteroatoms. The summed E-state index contributed by atoms with van der Waals surface area (Å²) in [6, 6.07) is 0. The van der Waals surface area contributed by atoms with Gasteiger partial charge in [-0.15, -0.1) is 0 Å². The van der Waals surface area contributed by atoms with Crippen LogP contribution in [0.4, 0.5) is 19.1 Å². The summed E-state index contributed by atoms with van der Waals surface area (Å²) in [5.74, 6) is -0.0796. The Bertz CT molecular complexity index is 936. The smallest absolute Gasteiger partial charge is 0.368 e. The Kier molecular flexibility index (Phi) is 4.95. The van der Waals surface area contributed by atoms with Crippen LogP contribution in [0.25, 0.3) is 11.0 Å². The lowest BCUT2D eigenvalue weighted by atomic mass is 9.98. The fraction of sp³-hybridized carbons (Fsp3) is 0.571. The Morgan fingerprint density at radius 1 is 1.31 bits per heavy atom. The minimum Gasteiger partial charge on any atom is -0.368 e. The zero-order chi connectivity index (χ0) is 19.3. The molecule has 1 aliphatic heterocycles. The van der Waals surface area contributed by atoms with Crippen LogP contribution in [-0.4, -0.2) is 46.6 Å². The number of rotatable bonds is 3. The van der Waals surface area contributed by atoms with Gasteiger partial charge in [0.2, 0.25) is 16.0 Å². The van der Waals surface area contributed by atoms with Crippen LogP contribution in [0.3, 0.4) is 0 Å². The van der Waals surface area contributed by atoms with Crippen LogP contribution in [0.2, 0.25) is 0 Å². The minimum atomic E-state index is -4.55. The molecule has 144 valence electrons. The van der Waals surface area contributed by atoms with Crippen LogP contribution in [0.15, 0.2) is 10.8 Å². The number of aromatic nitrogens is 3. The monoisotopic (exact) mass is 455 g/mol. The third-order valence-electron chi connectivity index (χ3n) is 4.49. The molecule has 2 aromatic rings. The highest BCUT2D eigenvalue weighted by atomic mass is 79.9. The first-order valence-electron chi connectivity index (χ1n) is 7.81. The maximum Gasteiger partial charge on any atom is 0.418 e. The fourth-order valence-corrected chi connectivity index (χ4v) is 4.66. The zero-order valence-corrected chi connectivity index (χ0v) is 16.2. The molecule has 0 aromatic carbocycles. The van der Waals surface area contributed by atoms with Crippen molar-refractivity contribution in [3.05, 3.63) is 16.4 Å². The van der Waals surface area contributed by atoms with E-state index in [0.717, 1.165) is 12.5 Å². The first-order valence-corrected chi connectivity index (χ1v) is 10.4. The Hall–Kier alpha value is -1.40. The van der Waals surface area contributed by atoms with Crippen molar-refractivity contribution in [3.8, 4) is 0 Å². The molecule has 0 aliphatic carbocycles. The van der Waals surface area contributed by atoms with Gasteiger partial charge in [0.25, 0.3) is 0 Å². The summed E-state index contributed by atoms with van der Waals surface area (Å²) in [7, 11) is -3.25. The first kappa shape index (κ1) is 19.4. The molecule has 0 unspecified atom stereocenters. The van der Waals surface area contributed by atoms with Crippen molar-refractivity contribution in [1.29, 1.82) is 0 Å². The number of nitrogens with two attached hydrogens (primary N) is 1. The summed E-state index contributed by atoms with van der Waals surface area (Å²) in [6.07, 6.45) is -1.25. The Morgan fingerprint density at radius 3 is 2.46 bits per heavy atom. The van der Waals surface area contributed by atoms with Crippen LogP contribution in [0.5, 0.6) is 0 Å². The maximum atomic E-state index is 13.4. The van der Waals surface area contributed by atoms with E-state index in [9.17, 15) is 21.6 Å². The average Bonchev–Trinajstić information content (AvgIpc) is 2.86. The number of piperidine rings is 1. The SMILES string of the molecule is CS(=O)(=O)N1CCC(Cn2cc(C(F)(F)F)c3c(Br)nc(N)nc32)CC1. The van der Waals surface area contributed by atoms with Crippen molar-refractivity contribution in [1.82, 2.24) is 18.8 Å². The molecule has 1 aliphatic rings. The van der Waals surface area contributed by atoms with Crippen LogP contribution < -0.4 is 5.73 Å². The van der Waals surface area contributed by atoms with Gasteiger partial charge in [-0.2, -0.15) is 18.2 Å². The van der Waals surface area contributed by atoms with E-state index < -0.39 is 21.8 Å². The molecule has 3 rings (SSSR count). The molecular formula is C14H17BrF3N5O2S. The summed E-state index contributed by atoms with van der Waals surface area (Å²) in [6.45, 7) is 1.01. The molecule has 0 saturated carbocycles. The highest BCUT2D eigenvalue weighted by Gasteiger charge is 2.37. The predicted octanol–water partition coefficient (Wildman–Crippen LogP) is 2.47. The van der Waals surface area contributed by atoms with Gasteiger partial charge >= 0.3 is 6.18 Å². The van der Waals surface area contributed by atoms with E-state index in [1.54, 1.807) is 0 Å². The normalized spacial score (nSPS) is 17.9. The molecule has 2 N–H and O–H groups in total. The highest BCUT2D eigenvalue weighted by molar-refractivity contribution is 9.10. The molecule has 0 atom stereocenters. The van der Waals surface area contributed by atoms with Crippen molar-refractivity contribution < 1.29 is 21.6 Å². The third-order valence-corrected chi connectivity index (χ3v) is 6.37. The summed E-state index contributed by atoms with van der Waals surface area (Å²) in [5, 5.41) is -0.125. The van der Waals surface area contributed by atoms with E-state index >= 15 is 0 Å². The standard InChI is InChI=1S/C14H17BrF3N5O2S/c1-26(24,25)23-4-2-8(3-5-23)6-22-7-9(14(16,17)18)10-11(15)20-13(19)21-12(10)22/h7-8H,2-6H2,1H3,(H2,19,20,21). The number of nitrogen functional groups attached to an aromatic ring is 1. The number of halogens is 4. The van der Waals surface area contributed by atoms with Gasteiger partial charge in [-0.05, 0) is 34.7 Å². The predicted molar refractivity (Wildman–Crippen MR) is 93.8 cm³/mol. The van der Waals surface area contributed by atoms with Gasteiger partial charge in [0.15, 0.2) is 0 Å². The summed E-state index contributed by atoms with van der Waals surface area (Å²) in [4.78, 5) is 7.75. The lowest BCUT2D eigenvalue weighted by molar-refractivity contribution is -0.136. The van der Waals surface area contributed by atoms with E-state index in [-0.39, 0.29) is 27.5 Å². The molecule has 26 heavy (non-hydrogen) atoms. The molecular weight excluding hydrogens is 439 g/mol. The molecule has 1 fully saturated rings. The fourth-order valence-electron chi connectivity index (χ4n) is 3.21. The van der Waals surface area contributed by atoms with Crippen molar-refractivity contribution in [2.75, 3.05) is 25.1 Å². The van der Waals surface area contributed by atoms with Gasteiger partial charge in [0.1, 0.15) is 10.3 Å². The number of sulfonamides is 1. The van der Waals surface area contributed by atoms with Gasteiger partial charge in [0.05, 0.1) is 17.2 Å². The van der Waals surface area contributed by atoms with Crippen molar-refractivity contribution in [3.63, 3.8) is 0 Å². The number of alkyl halides is 3. The molecule has 0 radical (unpaired) electrons. The van der Waals surface area contributed by atoms with Gasteiger partial charge in [-0.1, -0.05) is 0 Å². The van der Waals surface area contributed by atoms with Crippen LogP contribution in [-0.2, 0) is 22.7 Å². The molecule has 3 heterocycles. The van der Waals surface area contributed by atoms with E-state index in [0.29, 0.717) is 32.5 Å². The van der Waals surface area contributed by atoms with Gasteiger partial charge in [-0.25, -0.2) is 17.7 Å². The van der Waals surface area contributed by atoms with E-state index in [4.69, 9.17) is 5.73 Å². The number of hydrogen-bond donors (Lipinski definition) is 1. The van der Waals surface area contributed by atoms with Crippen molar-refractivity contribution in [2.45, 2.75) is 25.6 Å². The van der Waals surface area contributed by atoms with Crippen molar-refractivity contribution in [2.24, 2.45) is 5.92 Å². The van der Waals surface area contributed by atoms with Crippen LogP contribution in [0, 0.1) is 5.92 Å².